The van der Waals surface area contributed by atoms with Crippen molar-refractivity contribution >= 4 is 21.5 Å². The Hall–Kier alpha value is -4.16. The quantitative estimate of drug-likeness (QED) is 0.220. The minimum Gasteiger partial charge on any atom is -0.0616 e. The standard InChI is InChI=1S/C35H22/c1-3-7-24-20(5-1)9-11-22-17-30-28(34(22)24)15-13-26-27-14-16-29-31(33(27)19-32(26)30)18-23-12-10-21-6-2-4-8-25(21)35(23)29/h1-16H,17-19H2. The van der Waals surface area contributed by atoms with E-state index in [-0.39, 0.29) is 0 Å². The number of hydrogen-bond acceptors (Lipinski definition) is 0. The zero-order chi connectivity index (χ0) is 22.7. The molecule has 0 radical (unpaired) electrons. The van der Waals surface area contributed by atoms with Crippen LogP contribution in [0.25, 0.3) is 54.9 Å². The van der Waals surface area contributed by atoms with Crippen LogP contribution in [0, 0.1) is 0 Å². The molecule has 162 valence electrons. The van der Waals surface area contributed by atoms with Gasteiger partial charge < -0.3 is 0 Å². The number of rotatable bonds is 0. The molecule has 0 N–H and O–H groups in total. The second-order valence-electron chi connectivity index (χ2n) is 10.4. The molecule has 0 saturated carbocycles. The molecule has 0 aromatic heterocycles. The molecule has 0 unspecified atom stereocenters. The topological polar surface area (TPSA) is 0 Å². The minimum atomic E-state index is 1.06. The molecule has 0 fully saturated rings. The molecule has 0 bridgehead atoms. The fourth-order valence-electron chi connectivity index (χ4n) is 7.29. The largest absolute Gasteiger partial charge is 0.0616 e. The van der Waals surface area contributed by atoms with Crippen molar-refractivity contribution in [2.75, 3.05) is 0 Å². The van der Waals surface area contributed by atoms with Crippen LogP contribution in [0.5, 0.6) is 0 Å². The predicted octanol–water partition coefficient (Wildman–Crippen LogP) is 8.71. The van der Waals surface area contributed by atoms with Gasteiger partial charge in [0.05, 0.1) is 0 Å². The molecule has 0 heteroatoms. The van der Waals surface area contributed by atoms with Crippen molar-refractivity contribution in [2.45, 2.75) is 19.3 Å². The van der Waals surface area contributed by atoms with Gasteiger partial charge >= 0.3 is 0 Å². The van der Waals surface area contributed by atoms with Crippen molar-refractivity contribution in [3.8, 4) is 33.4 Å². The zero-order valence-electron chi connectivity index (χ0n) is 19.4. The third-order valence-corrected chi connectivity index (χ3v) is 8.81. The van der Waals surface area contributed by atoms with Gasteiger partial charge in [0.15, 0.2) is 0 Å². The van der Waals surface area contributed by atoms with E-state index in [9.17, 15) is 0 Å². The monoisotopic (exact) mass is 442 g/mol. The molecule has 0 atom stereocenters. The lowest BCUT2D eigenvalue weighted by Crippen LogP contribution is -1.93. The van der Waals surface area contributed by atoms with Gasteiger partial charge in [-0.15, -0.1) is 0 Å². The van der Waals surface area contributed by atoms with E-state index in [1.165, 1.54) is 66.1 Å². The Kier molecular flexibility index (Phi) is 3.27. The maximum absolute atomic E-state index is 2.40. The number of benzene rings is 6. The summed E-state index contributed by atoms with van der Waals surface area (Å²) in [4.78, 5) is 0. The third-order valence-electron chi connectivity index (χ3n) is 8.81. The molecule has 3 aliphatic rings. The van der Waals surface area contributed by atoms with Gasteiger partial charge in [-0.05, 0) is 108 Å². The van der Waals surface area contributed by atoms with Gasteiger partial charge in [0.2, 0.25) is 0 Å². The Labute approximate surface area is 204 Å². The maximum atomic E-state index is 2.40. The molecular formula is C35H22. The van der Waals surface area contributed by atoms with Gasteiger partial charge in [-0.2, -0.15) is 0 Å². The van der Waals surface area contributed by atoms with Crippen LogP contribution in [0.1, 0.15) is 33.4 Å². The van der Waals surface area contributed by atoms with E-state index in [0.29, 0.717) is 0 Å². The first-order valence-electron chi connectivity index (χ1n) is 12.7. The Morgan fingerprint density at radius 1 is 0.343 bits per heavy atom. The Morgan fingerprint density at radius 2 is 0.771 bits per heavy atom. The Bertz CT molecular complexity index is 1780. The molecule has 0 saturated heterocycles. The van der Waals surface area contributed by atoms with Crippen molar-refractivity contribution in [3.63, 3.8) is 0 Å². The van der Waals surface area contributed by atoms with Crippen LogP contribution < -0.4 is 0 Å². The summed E-state index contributed by atoms with van der Waals surface area (Å²) in [6, 6.07) is 36.6. The van der Waals surface area contributed by atoms with Crippen LogP contribution in [0.15, 0.2) is 97.1 Å². The van der Waals surface area contributed by atoms with E-state index < -0.39 is 0 Å². The smallest absolute Gasteiger partial charge is 0.000730 e. The average molecular weight is 443 g/mol. The summed E-state index contributed by atoms with van der Waals surface area (Å²) in [5, 5.41) is 5.46. The van der Waals surface area contributed by atoms with Crippen LogP contribution in [0.2, 0.25) is 0 Å². The summed E-state index contributed by atoms with van der Waals surface area (Å²) in [6.07, 6.45) is 3.17. The highest BCUT2D eigenvalue weighted by Crippen LogP contribution is 2.52. The first-order chi connectivity index (χ1) is 17.3. The maximum Gasteiger partial charge on any atom is -0.000730 e. The lowest BCUT2D eigenvalue weighted by Gasteiger charge is -2.10. The van der Waals surface area contributed by atoms with Crippen LogP contribution in [-0.2, 0) is 19.3 Å². The summed E-state index contributed by atoms with van der Waals surface area (Å²) in [7, 11) is 0. The molecular weight excluding hydrogens is 420 g/mol. The summed E-state index contributed by atoms with van der Waals surface area (Å²) >= 11 is 0. The van der Waals surface area contributed by atoms with Crippen LogP contribution >= 0.6 is 0 Å². The highest BCUT2D eigenvalue weighted by atomic mass is 14.4. The van der Waals surface area contributed by atoms with Crippen molar-refractivity contribution in [1.82, 2.24) is 0 Å². The van der Waals surface area contributed by atoms with Crippen LogP contribution in [0.3, 0.4) is 0 Å². The fraction of sp³-hybridized carbons (Fsp3) is 0.0857. The highest BCUT2D eigenvalue weighted by Gasteiger charge is 2.32. The SMILES string of the molecule is c1ccc2c3c(ccc2c1)Cc1c-3ccc2c1Cc1c-2ccc2c1Cc1ccc3ccccc3c1-2. The molecule has 0 nitrogen and oxygen atoms in total. The van der Waals surface area contributed by atoms with Crippen molar-refractivity contribution in [3.05, 3.63) is 130 Å². The summed E-state index contributed by atoms with van der Waals surface area (Å²) in [5.41, 5.74) is 17.9. The van der Waals surface area contributed by atoms with Gasteiger partial charge in [0.1, 0.15) is 0 Å². The van der Waals surface area contributed by atoms with Crippen LogP contribution in [0.4, 0.5) is 0 Å². The highest BCUT2D eigenvalue weighted by molar-refractivity contribution is 6.04. The first-order valence-corrected chi connectivity index (χ1v) is 12.7. The average Bonchev–Trinajstić information content (AvgIpc) is 3.59. The first kappa shape index (κ1) is 18.2. The molecule has 35 heavy (non-hydrogen) atoms. The Morgan fingerprint density at radius 3 is 1.29 bits per heavy atom. The van der Waals surface area contributed by atoms with Gasteiger partial charge in [-0.1, -0.05) is 97.1 Å². The van der Waals surface area contributed by atoms with Crippen molar-refractivity contribution in [2.24, 2.45) is 0 Å². The van der Waals surface area contributed by atoms with Crippen LogP contribution in [-0.4, -0.2) is 0 Å². The molecule has 9 rings (SSSR count). The molecule has 3 aliphatic carbocycles. The van der Waals surface area contributed by atoms with Gasteiger partial charge in [0.25, 0.3) is 0 Å². The van der Waals surface area contributed by atoms with E-state index in [1.54, 1.807) is 22.3 Å². The van der Waals surface area contributed by atoms with E-state index in [1.807, 2.05) is 0 Å². The molecule has 6 aromatic rings. The number of hydrogen-bond donors (Lipinski definition) is 0. The number of fused-ring (bicyclic) bond motifs is 15. The van der Waals surface area contributed by atoms with Crippen molar-refractivity contribution < 1.29 is 0 Å². The molecule has 0 spiro atoms. The molecule has 0 heterocycles. The summed E-state index contributed by atoms with van der Waals surface area (Å²) < 4.78 is 0. The normalized spacial score (nSPS) is 13.9. The minimum absolute atomic E-state index is 1.06. The second-order valence-corrected chi connectivity index (χ2v) is 10.4. The van der Waals surface area contributed by atoms with Gasteiger partial charge in [0, 0.05) is 0 Å². The lowest BCUT2D eigenvalue weighted by atomic mass is 9.94. The van der Waals surface area contributed by atoms with E-state index in [4.69, 9.17) is 0 Å². The molecule has 0 aliphatic heterocycles. The molecule has 0 amide bonds. The third kappa shape index (κ3) is 2.23. The van der Waals surface area contributed by atoms with Gasteiger partial charge in [-0.3, -0.25) is 0 Å². The Balaban J connectivity index is 1.24. The predicted molar refractivity (Wildman–Crippen MR) is 146 cm³/mol. The summed E-state index contributed by atoms with van der Waals surface area (Å²) in [6.45, 7) is 0. The van der Waals surface area contributed by atoms with Crippen molar-refractivity contribution in [1.29, 1.82) is 0 Å². The van der Waals surface area contributed by atoms with Gasteiger partial charge in [-0.25, -0.2) is 0 Å². The summed E-state index contributed by atoms with van der Waals surface area (Å²) in [5.74, 6) is 0. The molecule has 6 aromatic carbocycles. The van der Waals surface area contributed by atoms with E-state index in [2.05, 4.69) is 97.1 Å². The lowest BCUT2D eigenvalue weighted by molar-refractivity contribution is 1.13. The zero-order valence-corrected chi connectivity index (χ0v) is 19.4. The second kappa shape index (κ2) is 6.29. The van der Waals surface area contributed by atoms with E-state index in [0.717, 1.165) is 19.3 Å². The van der Waals surface area contributed by atoms with E-state index >= 15 is 0 Å². The fourth-order valence-corrected chi connectivity index (χ4v) is 7.29.